The van der Waals surface area contributed by atoms with Gasteiger partial charge in [-0.1, -0.05) is 0 Å². The molecule has 0 radical (unpaired) electrons. The Kier molecular flexibility index (Phi) is 3.22. The van der Waals surface area contributed by atoms with Gasteiger partial charge in [-0.15, -0.1) is 11.3 Å². The summed E-state index contributed by atoms with van der Waals surface area (Å²) >= 11 is 4.96. The van der Waals surface area contributed by atoms with E-state index in [9.17, 15) is 4.79 Å². The number of hydrogen-bond donors (Lipinski definition) is 1. The van der Waals surface area contributed by atoms with E-state index in [0.29, 0.717) is 12.6 Å². The van der Waals surface area contributed by atoms with Crippen LogP contribution in [0.3, 0.4) is 0 Å². The zero-order valence-electron chi connectivity index (χ0n) is 9.60. The molecule has 2 heterocycles. The number of amides is 1. The van der Waals surface area contributed by atoms with Gasteiger partial charge in [-0.3, -0.25) is 4.79 Å². The van der Waals surface area contributed by atoms with E-state index >= 15 is 0 Å². The second-order valence-electron chi connectivity index (χ2n) is 4.34. The molecule has 0 aromatic carbocycles. The summed E-state index contributed by atoms with van der Waals surface area (Å²) in [4.78, 5) is 16.3. The minimum atomic E-state index is -0.0411. The Balaban J connectivity index is 1.71. The van der Waals surface area contributed by atoms with Crippen molar-refractivity contribution in [3.63, 3.8) is 0 Å². The van der Waals surface area contributed by atoms with E-state index in [2.05, 4.69) is 30.8 Å². The first kappa shape index (κ1) is 11.9. The fourth-order valence-electron chi connectivity index (χ4n) is 1.87. The van der Waals surface area contributed by atoms with Crippen LogP contribution in [0, 0.1) is 0 Å². The van der Waals surface area contributed by atoms with Crippen molar-refractivity contribution in [2.45, 2.75) is 25.4 Å². The smallest absolute Gasteiger partial charge is 0.268 e. The maximum atomic E-state index is 12.1. The molecule has 0 saturated heterocycles. The molecule has 1 saturated carbocycles. The van der Waals surface area contributed by atoms with Crippen molar-refractivity contribution in [1.29, 1.82) is 0 Å². The molecule has 1 amide bonds. The lowest BCUT2D eigenvalue weighted by Crippen LogP contribution is -2.25. The van der Waals surface area contributed by atoms with Crippen LogP contribution >= 0.6 is 27.3 Å². The topological polar surface area (TPSA) is 46.9 Å². The summed E-state index contributed by atoms with van der Waals surface area (Å²) in [6, 6.07) is 2.37. The largest absolute Gasteiger partial charge is 0.345 e. The zero-order chi connectivity index (χ0) is 12.5. The summed E-state index contributed by atoms with van der Waals surface area (Å²) in [7, 11) is 0. The molecule has 1 N–H and O–H groups in total. The molecule has 0 spiro atoms. The molecule has 0 unspecified atom stereocenters. The van der Waals surface area contributed by atoms with Gasteiger partial charge in [0.1, 0.15) is 5.69 Å². The molecule has 4 nitrogen and oxygen atoms in total. The van der Waals surface area contributed by atoms with E-state index in [-0.39, 0.29) is 5.91 Å². The third-order valence-electron chi connectivity index (χ3n) is 2.90. The Morgan fingerprint density at radius 3 is 3.11 bits per heavy atom. The maximum absolute atomic E-state index is 12.1. The number of aromatic nitrogens is 2. The van der Waals surface area contributed by atoms with Gasteiger partial charge < -0.3 is 9.88 Å². The lowest BCUT2D eigenvalue weighted by Gasteiger charge is -2.07. The molecule has 0 atom stereocenters. The summed E-state index contributed by atoms with van der Waals surface area (Å²) in [5.74, 6) is -0.0411. The first-order chi connectivity index (χ1) is 8.74. The maximum Gasteiger partial charge on any atom is 0.268 e. The Bertz CT molecular complexity index is 560. The summed E-state index contributed by atoms with van der Waals surface area (Å²) < 4.78 is 3.01. The van der Waals surface area contributed by atoms with Crippen molar-refractivity contribution < 1.29 is 4.79 Å². The van der Waals surface area contributed by atoms with E-state index in [0.717, 1.165) is 28.7 Å². The second-order valence-corrected chi connectivity index (χ2v) is 5.98. The van der Waals surface area contributed by atoms with Crippen molar-refractivity contribution >= 4 is 33.2 Å². The van der Waals surface area contributed by atoms with Gasteiger partial charge in [0, 0.05) is 22.1 Å². The third kappa shape index (κ3) is 2.49. The molecule has 94 valence electrons. The van der Waals surface area contributed by atoms with Crippen LogP contribution in [-0.4, -0.2) is 15.5 Å². The Hall–Kier alpha value is -1.14. The first-order valence-electron chi connectivity index (χ1n) is 5.76. The summed E-state index contributed by atoms with van der Waals surface area (Å²) in [6.45, 7) is 0.482. The quantitative estimate of drug-likeness (QED) is 0.939. The number of nitrogens with zero attached hydrogens (tertiary/aromatic N) is 2. The number of hydrogen-bond acceptors (Lipinski definition) is 3. The molecule has 2 aromatic rings. The van der Waals surface area contributed by atoms with Gasteiger partial charge in [0.25, 0.3) is 5.91 Å². The number of halogens is 1. The highest BCUT2D eigenvalue weighted by Gasteiger charge is 2.27. The predicted octanol–water partition coefficient (Wildman–Crippen LogP) is 2.97. The third-order valence-corrected chi connectivity index (χ3v) is 3.97. The van der Waals surface area contributed by atoms with E-state index in [1.165, 1.54) is 11.3 Å². The van der Waals surface area contributed by atoms with Gasteiger partial charge in [0.15, 0.2) is 0 Å². The number of carbonyl (C=O) groups is 1. The van der Waals surface area contributed by atoms with Crippen molar-refractivity contribution in [3.05, 3.63) is 39.0 Å². The highest BCUT2D eigenvalue weighted by Crippen LogP contribution is 2.37. The van der Waals surface area contributed by atoms with Crippen LogP contribution in [0.5, 0.6) is 0 Å². The molecule has 0 bridgehead atoms. The van der Waals surface area contributed by atoms with Crippen molar-refractivity contribution in [3.8, 4) is 0 Å². The van der Waals surface area contributed by atoms with Gasteiger partial charge in [0.2, 0.25) is 0 Å². The van der Waals surface area contributed by atoms with Crippen LogP contribution in [0.25, 0.3) is 0 Å². The van der Waals surface area contributed by atoms with Gasteiger partial charge in [-0.2, -0.15) is 0 Å². The van der Waals surface area contributed by atoms with E-state index < -0.39 is 0 Å². The fourth-order valence-corrected chi connectivity index (χ4v) is 2.86. The van der Waals surface area contributed by atoms with Gasteiger partial charge >= 0.3 is 0 Å². The molecular weight excluding hydrogens is 314 g/mol. The van der Waals surface area contributed by atoms with Crippen LogP contribution in [0.1, 0.15) is 35.1 Å². The summed E-state index contributed by atoms with van der Waals surface area (Å²) in [5.41, 5.74) is 3.39. The number of rotatable bonds is 4. The van der Waals surface area contributed by atoms with Gasteiger partial charge in [-0.25, -0.2) is 4.98 Å². The highest BCUT2D eigenvalue weighted by molar-refractivity contribution is 9.10. The van der Waals surface area contributed by atoms with Crippen LogP contribution in [0.15, 0.2) is 27.6 Å². The van der Waals surface area contributed by atoms with Crippen molar-refractivity contribution in [2.75, 3.05) is 0 Å². The Morgan fingerprint density at radius 1 is 1.61 bits per heavy atom. The van der Waals surface area contributed by atoms with Crippen LogP contribution in [-0.2, 0) is 6.54 Å². The van der Waals surface area contributed by atoms with Gasteiger partial charge in [-0.05, 0) is 34.8 Å². The van der Waals surface area contributed by atoms with Crippen LogP contribution in [0.2, 0.25) is 0 Å². The molecular formula is C12H12BrN3OS. The normalized spacial score (nSPS) is 14.7. The molecule has 2 aromatic heterocycles. The molecule has 3 rings (SSSR count). The molecule has 1 aliphatic carbocycles. The van der Waals surface area contributed by atoms with E-state index in [4.69, 9.17) is 0 Å². The first-order valence-corrected chi connectivity index (χ1v) is 7.50. The molecule has 6 heteroatoms. The molecule has 1 aliphatic rings. The average molecular weight is 326 g/mol. The zero-order valence-corrected chi connectivity index (χ0v) is 12.0. The van der Waals surface area contributed by atoms with E-state index in [1.807, 2.05) is 17.6 Å². The second kappa shape index (κ2) is 4.85. The fraction of sp³-hybridized carbons (Fsp3) is 0.333. The Morgan fingerprint density at radius 2 is 2.44 bits per heavy atom. The molecule has 0 aliphatic heterocycles. The average Bonchev–Trinajstić information content (AvgIpc) is 2.92. The van der Waals surface area contributed by atoms with Crippen molar-refractivity contribution in [1.82, 2.24) is 14.9 Å². The van der Waals surface area contributed by atoms with E-state index in [1.54, 1.807) is 5.51 Å². The lowest BCUT2D eigenvalue weighted by atomic mass is 10.3. The van der Waals surface area contributed by atoms with Gasteiger partial charge in [0.05, 0.1) is 17.7 Å². The number of thiazole rings is 1. The molecule has 18 heavy (non-hydrogen) atoms. The van der Waals surface area contributed by atoms with Crippen molar-refractivity contribution in [2.24, 2.45) is 0 Å². The predicted molar refractivity (Wildman–Crippen MR) is 73.7 cm³/mol. The minimum absolute atomic E-state index is 0.0411. The number of carbonyl (C=O) groups excluding carboxylic acids is 1. The van der Waals surface area contributed by atoms with Crippen LogP contribution < -0.4 is 5.32 Å². The summed E-state index contributed by atoms with van der Waals surface area (Å²) in [5, 5.41) is 4.84. The minimum Gasteiger partial charge on any atom is -0.345 e. The SMILES string of the molecule is O=C(NCc1cscn1)c1cc(Br)cn1C1CC1. The standard InChI is InChI=1S/C12H12BrN3OS/c13-8-3-11(16(5-8)10-1-2-10)12(17)14-4-9-6-18-7-15-9/h3,5-7,10H,1-2,4H2,(H,14,17). The lowest BCUT2D eigenvalue weighted by molar-refractivity contribution is 0.0941. The van der Waals surface area contributed by atoms with Crippen LogP contribution in [0.4, 0.5) is 0 Å². The monoisotopic (exact) mass is 325 g/mol. The molecule has 1 fully saturated rings. The number of nitrogens with one attached hydrogen (secondary N) is 1. The highest BCUT2D eigenvalue weighted by atomic mass is 79.9. The Labute approximate surface area is 117 Å². The summed E-state index contributed by atoms with van der Waals surface area (Å²) in [6.07, 6.45) is 4.30.